The Balaban J connectivity index is 2.05. The quantitative estimate of drug-likeness (QED) is 0.865. The van der Waals surface area contributed by atoms with E-state index in [1.165, 1.54) is 6.92 Å². The number of piperidine rings is 1. The monoisotopic (exact) mass is 256 g/mol. The summed E-state index contributed by atoms with van der Waals surface area (Å²) >= 11 is 6.15. The standard InChI is InChI=1S/C13H18ClFN2/c1-9(15)10-2-3-13(12(14)8-10)17-11-4-6-16-7-5-11/h2-3,8-9,11,16-17H,4-7H2,1H3. The van der Waals surface area contributed by atoms with Crippen LogP contribution in [0.15, 0.2) is 18.2 Å². The zero-order chi connectivity index (χ0) is 12.3. The summed E-state index contributed by atoms with van der Waals surface area (Å²) in [6, 6.07) is 5.83. The van der Waals surface area contributed by atoms with Gasteiger partial charge in [-0.25, -0.2) is 4.39 Å². The summed E-state index contributed by atoms with van der Waals surface area (Å²) in [4.78, 5) is 0. The molecule has 1 aromatic rings. The van der Waals surface area contributed by atoms with Crippen molar-refractivity contribution in [2.75, 3.05) is 18.4 Å². The second kappa shape index (κ2) is 5.69. The molecule has 0 bridgehead atoms. The average Bonchev–Trinajstić information content (AvgIpc) is 2.33. The van der Waals surface area contributed by atoms with E-state index in [-0.39, 0.29) is 0 Å². The van der Waals surface area contributed by atoms with Gasteiger partial charge in [0.25, 0.3) is 0 Å². The van der Waals surface area contributed by atoms with E-state index in [1.807, 2.05) is 6.07 Å². The van der Waals surface area contributed by atoms with Crippen molar-refractivity contribution in [1.82, 2.24) is 5.32 Å². The summed E-state index contributed by atoms with van der Waals surface area (Å²) in [6.45, 7) is 3.59. The molecule has 1 aliphatic rings. The fourth-order valence-electron chi connectivity index (χ4n) is 2.08. The Bertz CT molecular complexity index is 376. The minimum atomic E-state index is -0.972. The van der Waals surface area contributed by atoms with Crippen LogP contribution in [-0.2, 0) is 0 Å². The second-order valence-corrected chi connectivity index (χ2v) is 4.93. The van der Waals surface area contributed by atoms with Gasteiger partial charge in [0.05, 0.1) is 10.7 Å². The van der Waals surface area contributed by atoms with Gasteiger partial charge in [-0.1, -0.05) is 17.7 Å². The van der Waals surface area contributed by atoms with E-state index >= 15 is 0 Å². The van der Waals surface area contributed by atoms with Crippen LogP contribution in [0.1, 0.15) is 31.5 Å². The maximum Gasteiger partial charge on any atom is 0.122 e. The molecule has 1 saturated heterocycles. The number of halogens is 2. The first-order chi connectivity index (χ1) is 8.16. The van der Waals surface area contributed by atoms with Gasteiger partial charge in [0.1, 0.15) is 6.17 Å². The third-order valence-corrected chi connectivity index (χ3v) is 3.46. The highest BCUT2D eigenvalue weighted by molar-refractivity contribution is 6.33. The van der Waals surface area contributed by atoms with Gasteiger partial charge in [0, 0.05) is 6.04 Å². The number of rotatable bonds is 3. The molecule has 1 aromatic carbocycles. The highest BCUT2D eigenvalue weighted by Gasteiger charge is 2.14. The number of nitrogens with one attached hydrogen (secondary N) is 2. The Morgan fingerprint density at radius 3 is 2.71 bits per heavy atom. The van der Waals surface area contributed by atoms with Gasteiger partial charge in [-0.05, 0) is 50.6 Å². The Kier molecular flexibility index (Phi) is 4.24. The number of alkyl halides is 1. The van der Waals surface area contributed by atoms with Crippen molar-refractivity contribution in [1.29, 1.82) is 0 Å². The van der Waals surface area contributed by atoms with Gasteiger partial charge < -0.3 is 10.6 Å². The smallest absolute Gasteiger partial charge is 0.122 e. The summed E-state index contributed by atoms with van der Waals surface area (Å²) < 4.78 is 13.1. The van der Waals surface area contributed by atoms with Gasteiger partial charge in [0.2, 0.25) is 0 Å². The van der Waals surface area contributed by atoms with Crippen LogP contribution in [0, 0.1) is 0 Å². The molecule has 2 N–H and O–H groups in total. The molecule has 1 atom stereocenters. The molecule has 1 aliphatic heterocycles. The molecule has 4 heteroatoms. The Morgan fingerprint density at radius 1 is 1.41 bits per heavy atom. The Hall–Kier alpha value is -0.800. The van der Waals surface area contributed by atoms with Crippen molar-refractivity contribution in [3.05, 3.63) is 28.8 Å². The van der Waals surface area contributed by atoms with E-state index in [9.17, 15) is 4.39 Å². The second-order valence-electron chi connectivity index (χ2n) is 4.52. The summed E-state index contributed by atoms with van der Waals surface area (Å²) in [5.74, 6) is 0. The van der Waals surface area contributed by atoms with Crippen LogP contribution in [0.3, 0.4) is 0 Å². The topological polar surface area (TPSA) is 24.1 Å². The lowest BCUT2D eigenvalue weighted by Crippen LogP contribution is -2.35. The number of anilines is 1. The Labute approximate surface area is 107 Å². The minimum absolute atomic E-state index is 0.461. The molecule has 17 heavy (non-hydrogen) atoms. The number of hydrogen-bond donors (Lipinski definition) is 2. The molecule has 0 radical (unpaired) electrons. The van der Waals surface area contributed by atoms with Crippen LogP contribution in [0.4, 0.5) is 10.1 Å². The fraction of sp³-hybridized carbons (Fsp3) is 0.538. The molecule has 1 unspecified atom stereocenters. The molecule has 0 saturated carbocycles. The largest absolute Gasteiger partial charge is 0.381 e. The van der Waals surface area contributed by atoms with Gasteiger partial charge >= 0.3 is 0 Å². The van der Waals surface area contributed by atoms with Crippen molar-refractivity contribution >= 4 is 17.3 Å². The average molecular weight is 257 g/mol. The lowest BCUT2D eigenvalue weighted by atomic mass is 10.1. The van der Waals surface area contributed by atoms with E-state index in [4.69, 9.17) is 11.6 Å². The molecule has 0 spiro atoms. The highest BCUT2D eigenvalue weighted by Crippen LogP contribution is 2.28. The predicted molar refractivity (Wildman–Crippen MR) is 70.5 cm³/mol. The van der Waals surface area contributed by atoms with E-state index in [2.05, 4.69) is 10.6 Å². The van der Waals surface area contributed by atoms with Crippen LogP contribution in [0.5, 0.6) is 0 Å². The summed E-state index contributed by atoms with van der Waals surface area (Å²) in [7, 11) is 0. The van der Waals surface area contributed by atoms with E-state index in [0.717, 1.165) is 31.6 Å². The normalized spacial score (nSPS) is 19.0. The molecule has 0 aromatic heterocycles. The molecule has 2 rings (SSSR count). The summed E-state index contributed by atoms with van der Waals surface area (Å²) in [5, 5.41) is 7.34. The van der Waals surface area contributed by atoms with Crippen LogP contribution >= 0.6 is 11.6 Å². The molecule has 0 aliphatic carbocycles. The van der Waals surface area contributed by atoms with E-state index in [0.29, 0.717) is 16.6 Å². The van der Waals surface area contributed by atoms with Crippen LogP contribution < -0.4 is 10.6 Å². The van der Waals surface area contributed by atoms with E-state index in [1.54, 1.807) is 12.1 Å². The summed E-state index contributed by atoms with van der Waals surface area (Å²) in [6.07, 6.45) is 1.22. The third-order valence-electron chi connectivity index (χ3n) is 3.15. The van der Waals surface area contributed by atoms with Crippen molar-refractivity contribution in [2.24, 2.45) is 0 Å². The SMILES string of the molecule is CC(F)c1ccc(NC2CCNCC2)c(Cl)c1. The first-order valence-corrected chi connectivity index (χ1v) is 6.45. The highest BCUT2D eigenvalue weighted by atomic mass is 35.5. The molecule has 1 heterocycles. The maximum atomic E-state index is 13.1. The number of benzene rings is 1. The maximum absolute atomic E-state index is 13.1. The fourth-order valence-corrected chi connectivity index (χ4v) is 2.33. The molecule has 94 valence electrons. The lowest BCUT2D eigenvalue weighted by Gasteiger charge is -2.25. The molecular formula is C13H18ClFN2. The molecular weight excluding hydrogens is 239 g/mol. The third kappa shape index (κ3) is 3.33. The van der Waals surface area contributed by atoms with Gasteiger partial charge in [-0.3, -0.25) is 0 Å². The van der Waals surface area contributed by atoms with Gasteiger partial charge in [-0.2, -0.15) is 0 Å². The van der Waals surface area contributed by atoms with Gasteiger partial charge in [-0.15, -0.1) is 0 Å². The lowest BCUT2D eigenvalue weighted by molar-refractivity contribution is 0.374. The van der Waals surface area contributed by atoms with Gasteiger partial charge in [0.15, 0.2) is 0 Å². The van der Waals surface area contributed by atoms with Crippen LogP contribution in [-0.4, -0.2) is 19.1 Å². The van der Waals surface area contributed by atoms with Crippen molar-refractivity contribution < 1.29 is 4.39 Å². The number of hydrogen-bond acceptors (Lipinski definition) is 2. The van der Waals surface area contributed by atoms with E-state index < -0.39 is 6.17 Å². The first-order valence-electron chi connectivity index (χ1n) is 6.07. The Morgan fingerprint density at radius 2 is 2.12 bits per heavy atom. The van der Waals surface area contributed by atoms with Crippen molar-refractivity contribution in [2.45, 2.75) is 32.0 Å². The minimum Gasteiger partial charge on any atom is -0.381 e. The molecule has 2 nitrogen and oxygen atoms in total. The first kappa shape index (κ1) is 12.7. The molecule has 0 amide bonds. The van der Waals surface area contributed by atoms with Crippen LogP contribution in [0.25, 0.3) is 0 Å². The molecule has 1 fully saturated rings. The van der Waals surface area contributed by atoms with Crippen LogP contribution in [0.2, 0.25) is 5.02 Å². The zero-order valence-corrected chi connectivity index (χ0v) is 10.7. The summed E-state index contributed by atoms with van der Waals surface area (Å²) in [5.41, 5.74) is 1.54. The predicted octanol–water partition coefficient (Wildman–Crippen LogP) is 3.53. The van der Waals surface area contributed by atoms with Crippen molar-refractivity contribution in [3.63, 3.8) is 0 Å². The zero-order valence-electron chi connectivity index (χ0n) is 9.97. The van der Waals surface area contributed by atoms with Crippen molar-refractivity contribution in [3.8, 4) is 0 Å².